The predicted octanol–water partition coefficient (Wildman–Crippen LogP) is 2.33. The lowest BCUT2D eigenvalue weighted by molar-refractivity contribution is -0.123. The number of rotatable bonds is 3. The molecule has 4 bridgehead atoms. The van der Waals surface area contributed by atoms with Crippen molar-refractivity contribution >= 4 is 28.6 Å². The minimum Gasteiger partial charge on any atom is -0.487 e. The number of nitrogens with one attached hydrogen (secondary N) is 3. The first kappa shape index (κ1) is 32.3. The fourth-order valence-electron chi connectivity index (χ4n) is 6.56. The number of carbonyl (C=O) groups excluding carboxylic acids is 3. The van der Waals surface area contributed by atoms with E-state index in [0.717, 1.165) is 5.56 Å². The Bertz CT molecular complexity index is 1960. The van der Waals surface area contributed by atoms with Gasteiger partial charge in [-0.15, -0.1) is 0 Å². The van der Waals surface area contributed by atoms with Gasteiger partial charge in [0.05, 0.1) is 17.7 Å². The van der Waals surface area contributed by atoms with Crippen LogP contribution in [0.4, 0.5) is 4.39 Å². The Morgan fingerprint density at radius 3 is 2.55 bits per heavy atom. The van der Waals surface area contributed by atoms with E-state index >= 15 is 0 Å². The number of hydrogen-bond acceptors (Lipinski definition) is 8. The molecule has 13 heteroatoms. The van der Waals surface area contributed by atoms with Crippen molar-refractivity contribution in [3.05, 3.63) is 105 Å². The van der Waals surface area contributed by atoms with Gasteiger partial charge < -0.3 is 35.1 Å². The van der Waals surface area contributed by atoms with E-state index in [1.54, 1.807) is 23.1 Å². The van der Waals surface area contributed by atoms with Crippen LogP contribution in [0.3, 0.4) is 0 Å². The standard InChI is InChI=1S/C36H36FN5O7/c37-29-3-1-2-28-31(44)15-24(39-34(28)29)17-41-18-30-32(19-41)49-26-6-4-21(5-7-26)16-38-33(45)20-48-27-13-22(35(46)40-30)12-23(14-27)36(47)42-10-8-25(43)9-11-42/h1-7,12-15,25,30,32,43H,8-11,16-20H2,(H,38,45)(H,39,44)(H,40,46)/t30-,32-/m0/s1. The van der Waals surface area contributed by atoms with Crippen LogP contribution < -0.4 is 25.5 Å². The molecule has 0 saturated carbocycles. The molecule has 8 rings (SSSR count). The van der Waals surface area contributed by atoms with Crippen LogP contribution in [0.5, 0.6) is 11.5 Å². The third-order valence-corrected chi connectivity index (χ3v) is 9.16. The van der Waals surface area contributed by atoms with E-state index < -0.39 is 30.0 Å². The van der Waals surface area contributed by atoms with Gasteiger partial charge in [-0.2, -0.15) is 0 Å². The molecule has 0 radical (unpaired) electrons. The van der Waals surface area contributed by atoms with Crippen molar-refractivity contribution in [2.45, 2.75) is 44.2 Å². The highest BCUT2D eigenvalue weighted by atomic mass is 19.1. The zero-order chi connectivity index (χ0) is 34.1. The molecular formula is C36H36FN5O7. The van der Waals surface area contributed by atoms with Crippen LogP contribution in [0.1, 0.15) is 44.8 Å². The number of piperidine rings is 1. The molecule has 4 aliphatic heterocycles. The van der Waals surface area contributed by atoms with Crippen LogP contribution in [0.15, 0.2) is 71.5 Å². The fraction of sp³-hybridized carbons (Fsp3) is 0.333. The molecule has 4 aliphatic rings. The number of aromatic amines is 1. The number of nitrogens with zero attached hydrogens (tertiary/aromatic N) is 2. The molecule has 12 nitrogen and oxygen atoms in total. The molecule has 2 atom stereocenters. The minimum atomic E-state index is -0.520. The molecule has 1 aromatic heterocycles. The topological polar surface area (TPSA) is 153 Å². The summed E-state index contributed by atoms with van der Waals surface area (Å²) in [5.74, 6) is -0.922. The Morgan fingerprint density at radius 1 is 0.959 bits per heavy atom. The molecule has 0 unspecified atom stereocenters. The molecule has 3 amide bonds. The van der Waals surface area contributed by atoms with Gasteiger partial charge >= 0.3 is 0 Å². The molecule has 0 spiro atoms. The molecule has 5 heterocycles. The Labute approximate surface area is 280 Å². The average Bonchev–Trinajstić information content (AvgIpc) is 3.46. The second-order valence-electron chi connectivity index (χ2n) is 12.7. The molecule has 49 heavy (non-hydrogen) atoms. The van der Waals surface area contributed by atoms with Gasteiger partial charge in [0, 0.05) is 67.5 Å². The van der Waals surface area contributed by atoms with Crippen LogP contribution >= 0.6 is 0 Å². The van der Waals surface area contributed by atoms with Gasteiger partial charge in [-0.25, -0.2) is 4.39 Å². The SMILES string of the molecule is O=C1COc2cc(cc(C(=O)N3CCC(O)CC3)c2)C(=O)N[C@H]2CN(Cc3cc(=O)c4cccc(F)c4[nH]3)C[C@@H]2Oc2ccc(cc2)CN1. The van der Waals surface area contributed by atoms with E-state index in [2.05, 4.69) is 15.6 Å². The Hall–Kier alpha value is -5.27. The summed E-state index contributed by atoms with van der Waals surface area (Å²) in [6.07, 6.45) is -0.0536. The number of ether oxygens (including phenoxy) is 2. The third-order valence-electron chi connectivity index (χ3n) is 9.16. The number of aliphatic hydroxyl groups excluding tert-OH is 1. The summed E-state index contributed by atoms with van der Waals surface area (Å²) in [6, 6.07) is 17.1. The highest BCUT2D eigenvalue weighted by molar-refractivity contribution is 6.00. The Kier molecular flexibility index (Phi) is 9.02. The van der Waals surface area contributed by atoms with E-state index in [1.807, 2.05) is 17.0 Å². The number of amides is 3. The lowest BCUT2D eigenvalue weighted by atomic mass is 10.0. The number of fused-ring (bicyclic) bond motifs is 8. The first-order valence-corrected chi connectivity index (χ1v) is 16.3. The van der Waals surface area contributed by atoms with Crippen LogP contribution in [0, 0.1) is 5.82 Å². The number of halogens is 1. The van der Waals surface area contributed by atoms with Crippen LogP contribution in [0.2, 0.25) is 0 Å². The van der Waals surface area contributed by atoms with Gasteiger partial charge in [-0.05, 0) is 60.9 Å². The summed E-state index contributed by atoms with van der Waals surface area (Å²) in [5, 5.41) is 16.1. The monoisotopic (exact) mass is 669 g/mol. The number of H-pyrrole nitrogens is 1. The minimum absolute atomic E-state index is 0.138. The number of benzene rings is 3. The van der Waals surface area contributed by atoms with E-state index in [4.69, 9.17) is 9.47 Å². The van der Waals surface area contributed by atoms with Gasteiger partial charge in [-0.1, -0.05) is 18.2 Å². The lowest BCUT2D eigenvalue weighted by Crippen LogP contribution is -2.45. The van der Waals surface area contributed by atoms with Gasteiger partial charge in [0.2, 0.25) is 0 Å². The maximum absolute atomic E-state index is 14.6. The normalized spacial score (nSPS) is 20.6. The number of para-hydroxylation sites is 1. The molecule has 254 valence electrons. The summed E-state index contributed by atoms with van der Waals surface area (Å²) in [6.45, 7) is 1.70. The van der Waals surface area contributed by atoms with E-state index in [0.29, 0.717) is 50.5 Å². The molecule has 0 aliphatic carbocycles. The second-order valence-corrected chi connectivity index (χ2v) is 12.7. The number of hydrogen-bond donors (Lipinski definition) is 4. The summed E-state index contributed by atoms with van der Waals surface area (Å²) < 4.78 is 26.7. The van der Waals surface area contributed by atoms with Crippen molar-refractivity contribution in [1.82, 2.24) is 25.4 Å². The fourth-order valence-corrected chi connectivity index (χ4v) is 6.56. The van der Waals surface area contributed by atoms with E-state index in [1.165, 1.54) is 36.4 Å². The number of carbonyl (C=O) groups is 3. The van der Waals surface area contributed by atoms with Gasteiger partial charge in [-0.3, -0.25) is 24.1 Å². The van der Waals surface area contributed by atoms with Crippen LogP contribution in [-0.4, -0.2) is 88.6 Å². The first-order valence-electron chi connectivity index (χ1n) is 16.3. The quantitative estimate of drug-likeness (QED) is 0.260. The maximum atomic E-state index is 14.6. The average molecular weight is 670 g/mol. The summed E-state index contributed by atoms with van der Waals surface area (Å²) in [7, 11) is 0. The maximum Gasteiger partial charge on any atom is 0.258 e. The number of likely N-dealkylation sites (tertiary alicyclic amines) is 2. The predicted molar refractivity (Wildman–Crippen MR) is 177 cm³/mol. The smallest absolute Gasteiger partial charge is 0.258 e. The largest absolute Gasteiger partial charge is 0.487 e. The number of aliphatic hydroxyl groups is 1. The molecule has 4 aromatic rings. The highest BCUT2D eigenvalue weighted by Crippen LogP contribution is 2.25. The molecule has 3 aromatic carbocycles. The Balaban J connectivity index is 1.18. The highest BCUT2D eigenvalue weighted by Gasteiger charge is 2.36. The van der Waals surface area contributed by atoms with Crippen molar-refractivity contribution in [3.8, 4) is 11.5 Å². The lowest BCUT2D eigenvalue weighted by Gasteiger charge is -2.29. The third kappa shape index (κ3) is 7.27. The van der Waals surface area contributed by atoms with Crippen molar-refractivity contribution in [2.75, 3.05) is 32.8 Å². The van der Waals surface area contributed by atoms with Gasteiger partial charge in [0.25, 0.3) is 17.7 Å². The first-order chi connectivity index (χ1) is 23.7. The van der Waals surface area contributed by atoms with Crippen LogP contribution in [0.25, 0.3) is 10.9 Å². The van der Waals surface area contributed by atoms with Crippen molar-refractivity contribution in [3.63, 3.8) is 0 Å². The summed E-state index contributed by atoms with van der Waals surface area (Å²) in [4.78, 5) is 59.5. The second kappa shape index (κ2) is 13.7. The van der Waals surface area contributed by atoms with Gasteiger partial charge in [0.15, 0.2) is 12.0 Å². The van der Waals surface area contributed by atoms with Crippen LogP contribution in [-0.2, 0) is 17.9 Å². The van der Waals surface area contributed by atoms with Gasteiger partial charge in [0.1, 0.15) is 23.4 Å². The summed E-state index contributed by atoms with van der Waals surface area (Å²) >= 11 is 0. The van der Waals surface area contributed by atoms with E-state index in [9.17, 15) is 28.7 Å². The molecule has 2 saturated heterocycles. The summed E-state index contributed by atoms with van der Waals surface area (Å²) in [5.41, 5.74) is 1.60. The van der Waals surface area contributed by atoms with Crippen molar-refractivity contribution in [2.24, 2.45) is 0 Å². The molecular weight excluding hydrogens is 633 g/mol. The molecule has 4 N–H and O–H groups in total. The zero-order valence-corrected chi connectivity index (χ0v) is 26.6. The Morgan fingerprint density at radius 2 is 1.76 bits per heavy atom. The van der Waals surface area contributed by atoms with Crippen molar-refractivity contribution < 1.29 is 33.4 Å². The number of pyridine rings is 1. The zero-order valence-electron chi connectivity index (χ0n) is 26.6. The molecule has 2 fully saturated rings. The number of aromatic nitrogens is 1. The van der Waals surface area contributed by atoms with E-state index in [-0.39, 0.29) is 64.7 Å². The van der Waals surface area contributed by atoms with Crippen molar-refractivity contribution in [1.29, 1.82) is 0 Å².